The van der Waals surface area contributed by atoms with Crippen LogP contribution in [0.25, 0.3) is 0 Å². The molecule has 1 aliphatic rings. The number of benzene rings is 1. The van der Waals surface area contributed by atoms with E-state index in [1.165, 1.54) is 0 Å². The van der Waals surface area contributed by atoms with Crippen LogP contribution in [0.15, 0.2) is 22.7 Å². The lowest BCUT2D eigenvalue weighted by Gasteiger charge is -2.14. The summed E-state index contributed by atoms with van der Waals surface area (Å²) in [6, 6.07) is 5.70. The van der Waals surface area contributed by atoms with E-state index in [0.29, 0.717) is 11.4 Å². The number of carbonyl (C=O) groups excluding carboxylic acids is 1. The molecule has 0 aliphatic heterocycles. The minimum atomic E-state index is -0.150. The fourth-order valence-corrected chi connectivity index (χ4v) is 2.56. The molecule has 0 heterocycles. The number of carbonyl (C=O) groups is 1. The Labute approximate surface area is 108 Å². The molecule has 0 spiro atoms. The van der Waals surface area contributed by atoms with Gasteiger partial charge in [-0.05, 0) is 53.4 Å². The Balaban J connectivity index is 2.15. The Hall–Kier alpha value is -0.540. The lowest BCUT2D eigenvalue weighted by atomic mass is 10.1. The third-order valence-electron chi connectivity index (χ3n) is 2.86. The third kappa shape index (κ3) is 2.41. The first-order chi connectivity index (χ1) is 7.56. The zero-order chi connectivity index (χ0) is 11.8. The van der Waals surface area contributed by atoms with E-state index in [0.717, 1.165) is 22.9 Å². The highest BCUT2D eigenvalue weighted by atomic mass is 79.9. The van der Waals surface area contributed by atoms with Crippen molar-refractivity contribution in [3.8, 4) is 0 Å². The van der Waals surface area contributed by atoms with Gasteiger partial charge in [0.1, 0.15) is 0 Å². The first-order valence-corrected chi connectivity index (χ1v) is 6.54. The molecule has 16 heavy (non-hydrogen) atoms. The first kappa shape index (κ1) is 11.9. The van der Waals surface area contributed by atoms with E-state index in [-0.39, 0.29) is 11.4 Å². The van der Waals surface area contributed by atoms with Gasteiger partial charge in [-0.1, -0.05) is 6.07 Å². The van der Waals surface area contributed by atoms with Gasteiger partial charge in [-0.15, -0.1) is 11.6 Å². The van der Waals surface area contributed by atoms with Gasteiger partial charge >= 0.3 is 0 Å². The number of amides is 1. The molecule has 4 heteroatoms. The van der Waals surface area contributed by atoms with Crippen LogP contribution in [0.5, 0.6) is 0 Å². The zero-order valence-electron chi connectivity index (χ0n) is 9.02. The minimum Gasteiger partial charge on any atom is -0.345 e. The van der Waals surface area contributed by atoms with Crippen LogP contribution in [-0.2, 0) is 0 Å². The zero-order valence-corrected chi connectivity index (χ0v) is 11.4. The molecule has 2 rings (SSSR count). The molecule has 1 aliphatic carbocycles. The summed E-state index contributed by atoms with van der Waals surface area (Å²) in [4.78, 5) is 12.0. The number of alkyl halides is 1. The van der Waals surface area contributed by atoms with Crippen LogP contribution in [-0.4, -0.2) is 17.3 Å². The standard InChI is InChI=1S/C12H13BrClNO/c1-8-2-3-9(10(13)6-8)11(16)15-12(7-14)4-5-12/h2-3,6H,4-5,7H2,1H3,(H,15,16). The van der Waals surface area contributed by atoms with Gasteiger partial charge in [0.2, 0.25) is 0 Å². The number of rotatable bonds is 3. The molecule has 1 fully saturated rings. The van der Waals surface area contributed by atoms with E-state index < -0.39 is 0 Å². The SMILES string of the molecule is Cc1ccc(C(=O)NC2(CCl)CC2)c(Br)c1. The molecule has 0 unspecified atom stereocenters. The molecular weight excluding hydrogens is 289 g/mol. The van der Waals surface area contributed by atoms with Gasteiger partial charge in [0, 0.05) is 10.4 Å². The number of nitrogens with one attached hydrogen (secondary N) is 1. The largest absolute Gasteiger partial charge is 0.345 e. The van der Waals surface area contributed by atoms with E-state index in [1.807, 2.05) is 25.1 Å². The summed E-state index contributed by atoms with van der Waals surface area (Å²) in [5.41, 5.74) is 1.65. The molecule has 2 nitrogen and oxygen atoms in total. The van der Waals surface area contributed by atoms with Crippen LogP contribution in [0.1, 0.15) is 28.8 Å². The first-order valence-electron chi connectivity index (χ1n) is 5.21. The van der Waals surface area contributed by atoms with Gasteiger partial charge < -0.3 is 5.32 Å². The van der Waals surface area contributed by atoms with Crippen LogP contribution in [0.4, 0.5) is 0 Å². The van der Waals surface area contributed by atoms with Crippen molar-refractivity contribution in [2.24, 2.45) is 0 Å². The molecule has 1 aromatic carbocycles. The van der Waals surface area contributed by atoms with Crippen molar-refractivity contribution < 1.29 is 4.79 Å². The molecule has 1 N–H and O–H groups in total. The summed E-state index contributed by atoms with van der Waals surface area (Å²) >= 11 is 9.23. The summed E-state index contributed by atoms with van der Waals surface area (Å²) in [5, 5.41) is 2.99. The predicted molar refractivity (Wildman–Crippen MR) is 69.0 cm³/mol. The second kappa shape index (κ2) is 4.38. The monoisotopic (exact) mass is 301 g/mol. The van der Waals surface area contributed by atoms with Crippen LogP contribution in [0.2, 0.25) is 0 Å². The highest BCUT2D eigenvalue weighted by molar-refractivity contribution is 9.10. The van der Waals surface area contributed by atoms with Crippen molar-refractivity contribution >= 4 is 33.4 Å². The number of aryl methyl sites for hydroxylation is 1. The second-order valence-corrected chi connectivity index (χ2v) is 5.47. The number of hydrogen-bond acceptors (Lipinski definition) is 1. The molecule has 1 aromatic rings. The topological polar surface area (TPSA) is 29.1 Å². The number of halogens is 2. The molecule has 0 bridgehead atoms. The summed E-state index contributed by atoms with van der Waals surface area (Å²) in [6.07, 6.45) is 1.96. The maximum Gasteiger partial charge on any atom is 0.252 e. The highest BCUT2D eigenvalue weighted by Gasteiger charge is 2.43. The van der Waals surface area contributed by atoms with Crippen molar-refractivity contribution in [2.75, 3.05) is 5.88 Å². The van der Waals surface area contributed by atoms with Gasteiger partial charge in [0.25, 0.3) is 5.91 Å². The van der Waals surface area contributed by atoms with Crippen LogP contribution in [0.3, 0.4) is 0 Å². The lowest BCUT2D eigenvalue weighted by Crippen LogP contribution is -2.38. The van der Waals surface area contributed by atoms with E-state index in [1.54, 1.807) is 0 Å². The molecule has 1 amide bonds. The summed E-state index contributed by atoms with van der Waals surface area (Å²) in [6.45, 7) is 1.99. The summed E-state index contributed by atoms with van der Waals surface area (Å²) < 4.78 is 0.829. The smallest absolute Gasteiger partial charge is 0.252 e. The average molecular weight is 303 g/mol. The van der Waals surface area contributed by atoms with E-state index in [9.17, 15) is 4.79 Å². The Morgan fingerprint density at radius 3 is 2.75 bits per heavy atom. The Bertz CT molecular complexity index is 429. The van der Waals surface area contributed by atoms with Crippen molar-refractivity contribution in [3.05, 3.63) is 33.8 Å². The van der Waals surface area contributed by atoms with Gasteiger partial charge in [0.05, 0.1) is 11.1 Å². The quantitative estimate of drug-likeness (QED) is 0.853. The van der Waals surface area contributed by atoms with Crippen molar-refractivity contribution in [3.63, 3.8) is 0 Å². The van der Waals surface area contributed by atoms with E-state index in [4.69, 9.17) is 11.6 Å². The fourth-order valence-electron chi connectivity index (χ4n) is 1.56. The van der Waals surface area contributed by atoms with Crippen LogP contribution in [0, 0.1) is 6.92 Å². The van der Waals surface area contributed by atoms with Gasteiger partial charge in [-0.3, -0.25) is 4.79 Å². The third-order valence-corrected chi connectivity index (χ3v) is 4.02. The van der Waals surface area contributed by atoms with Gasteiger partial charge in [-0.25, -0.2) is 0 Å². The summed E-state index contributed by atoms with van der Waals surface area (Å²) in [7, 11) is 0. The van der Waals surface area contributed by atoms with E-state index in [2.05, 4.69) is 21.2 Å². The molecule has 0 aromatic heterocycles. The van der Waals surface area contributed by atoms with Crippen LogP contribution < -0.4 is 5.32 Å². The molecule has 0 atom stereocenters. The van der Waals surface area contributed by atoms with Crippen molar-refractivity contribution in [2.45, 2.75) is 25.3 Å². The van der Waals surface area contributed by atoms with Crippen LogP contribution >= 0.6 is 27.5 Å². The van der Waals surface area contributed by atoms with Gasteiger partial charge in [-0.2, -0.15) is 0 Å². The van der Waals surface area contributed by atoms with Crippen molar-refractivity contribution in [1.82, 2.24) is 5.32 Å². The van der Waals surface area contributed by atoms with E-state index >= 15 is 0 Å². The average Bonchev–Trinajstić information content (AvgIpc) is 2.98. The Morgan fingerprint density at radius 2 is 2.25 bits per heavy atom. The van der Waals surface area contributed by atoms with Crippen molar-refractivity contribution in [1.29, 1.82) is 0 Å². The lowest BCUT2D eigenvalue weighted by molar-refractivity contribution is 0.0935. The molecule has 1 saturated carbocycles. The normalized spacial score (nSPS) is 16.9. The molecule has 86 valence electrons. The van der Waals surface area contributed by atoms with Gasteiger partial charge in [0.15, 0.2) is 0 Å². The Morgan fingerprint density at radius 1 is 1.56 bits per heavy atom. The fraction of sp³-hybridized carbons (Fsp3) is 0.417. The molecular formula is C12H13BrClNO. The predicted octanol–water partition coefficient (Wildman–Crippen LogP) is 3.26. The summed E-state index contributed by atoms with van der Waals surface area (Å²) in [5.74, 6) is 0.437. The number of hydrogen-bond donors (Lipinski definition) is 1. The Kier molecular flexibility index (Phi) is 3.27. The molecule has 0 saturated heterocycles. The maximum atomic E-state index is 12.0. The second-order valence-electron chi connectivity index (χ2n) is 4.35. The minimum absolute atomic E-state index is 0.0509. The maximum absolute atomic E-state index is 12.0. The highest BCUT2D eigenvalue weighted by Crippen LogP contribution is 2.36. The molecule has 0 radical (unpaired) electrons.